The van der Waals surface area contributed by atoms with Crippen molar-refractivity contribution in [2.75, 3.05) is 0 Å². The molecule has 0 radical (unpaired) electrons. The van der Waals surface area contributed by atoms with E-state index >= 15 is 0 Å². The molecule has 0 saturated heterocycles. The molecule has 0 bridgehead atoms. The van der Waals surface area contributed by atoms with Crippen molar-refractivity contribution in [3.63, 3.8) is 0 Å². The number of nitriles is 1. The van der Waals surface area contributed by atoms with Crippen molar-refractivity contribution in [3.8, 4) is 6.07 Å². The summed E-state index contributed by atoms with van der Waals surface area (Å²) in [6, 6.07) is 8.62. The molecule has 2 aromatic rings. The highest BCUT2D eigenvalue weighted by atomic mass is 32.2. The SMILES string of the molecule is CCc1nnc(Sc2ccc(C)cc2C)c(C#N)c1CC. The summed E-state index contributed by atoms with van der Waals surface area (Å²) in [6.07, 6.45) is 1.61. The lowest BCUT2D eigenvalue weighted by Gasteiger charge is -2.11. The van der Waals surface area contributed by atoms with Gasteiger partial charge in [0.15, 0.2) is 0 Å². The molecule has 1 aromatic carbocycles. The van der Waals surface area contributed by atoms with Crippen LogP contribution in [0.1, 0.15) is 41.8 Å². The van der Waals surface area contributed by atoms with Crippen LogP contribution in [-0.4, -0.2) is 10.2 Å². The van der Waals surface area contributed by atoms with Crippen molar-refractivity contribution in [3.05, 3.63) is 46.1 Å². The maximum Gasteiger partial charge on any atom is 0.142 e. The lowest BCUT2D eigenvalue weighted by atomic mass is 10.1. The summed E-state index contributed by atoms with van der Waals surface area (Å²) in [7, 11) is 0. The lowest BCUT2D eigenvalue weighted by Crippen LogP contribution is -2.04. The van der Waals surface area contributed by atoms with E-state index in [2.05, 4.69) is 55.2 Å². The lowest BCUT2D eigenvalue weighted by molar-refractivity contribution is 0.817. The number of nitrogens with zero attached hydrogens (tertiary/aromatic N) is 3. The summed E-state index contributed by atoms with van der Waals surface area (Å²) >= 11 is 1.53. The van der Waals surface area contributed by atoms with Gasteiger partial charge in [0.05, 0.1) is 11.3 Å². The molecule has 108 valence electrons. The van der Waals surface area contributed by atoms with Crippen molar-refractivity contribution in [1.29, 1.82) is 5.26 Å². The molecule has 0 aliphatic rings. The van der Waals surface area contributed by atoms with E-state index in [0.29, 0.717) is 10.6 Å². The van der Waals surface area contributed by atoms with Gasteiger partial charge in [0.25, 0.3) is 0 Å². The number of hydrogen-bond acceptors (Lipinski definition) is 4. The quantitative estimate of drug-likeness (QED) is 0.847. The first-order valence-electron chi connectivity index (χ1n) is 7.14. The molecule has 0 amide bonds. The Balaban J connectivity index is 2.47. The van der Waals surface area contributed by atoms with E-state index in [4.69, 9.17) is 0 Å². The fourth-order valence-corrected chi connectivity index (χ4v) is 3.28. The molecule has 1 aromatic heterocycles. The van der Waals surface area contributed by atoms with Crippen molar-refractivity contribution in [2.24, 2.45) is 0 Å². The summed E-state index contributed by atoms with van der Waals surface area (Å²) in [5.74, 6) is 0. The van der Waals surface area contributed by atoms with Crippen molar-refractivity contribution in [2.45, 2.75) is 50.5 Å². The third kappa shape index (κ3) is 3.25. The van der Waals surface area contributed by atoms with Crippen molar-refractivity contribution >= 4 is 11.8 Å². The van der Waals surface area contributed by atoms with Crippen LogP contribution < -0.4 is 0 Å². The Labute approximate surface area is 130 Å². The highest BCUT2D eigenvalue weighted by Crippen LogP contribution is 2.33. The summed E-state index contributed by atoms with van der Waals surface area (Å²) in [4.78, 5) is 1.12. The van der Waals surface area contributed by atoms with E-state index in [0.717, 1.165) is 29.0 Å². The Morgan fingerprint density at radius 2 is 1.90 bits per heavy atom. The Bertz CT molecular complexity index is 702. The van der Waals surface area contributed by atoms with Gasteiger partial charge in [-0.1, -0.05) is 43.3 Å². The Morgan fingerprint density at radius 3 is 2.48 bits per heavy atom. The number of benzene rings is 1. The standard InChI is InChI=1S/C17H19N3S/c1-5-13-14(10-18)17(20-19-15(13)6-2)21-16-8-7-11(3)9-12(16)4/h7-9H,5-6H2,1-4H3. The predicted molar refractivity (Wildman–Crippen MR) is 85.5 cm³/mol. The largest absolute Gasteiger partial charge is 0.192 e. The average Bonchev–Trinajstić information content (AvgIpc) is 2.49. The van der Waals surface area contributed by atoms with Crippen LogP contribution in [0, 0.1) is 25.2 Å². The van der Waals surface area contributed by atoms with E-state index in [9.17, 15) is 5.26 Å². The molecule has 2 rings (SSSR count). The topological polar surface area (TPSA) is 49.6 Å². The molecule has 4 heteroatoms. The molecule has 0 saturated carbocycles. The maximum absolute atomic E-state index is 9.51. The van der Waals surface area contributed by atoms with Crippen molar-refractivity contribution < 1.29 is 0 Å². The van der Waals surface area contributed by atoms with Gasteiger partial charge in [-0.2, -0.15) is 10.4 Å². The van der Waals surface area contributed by atoms with E-state index in [1.165, 1.54) is 22.9 Å². The fraction of sp³-hybridized carbons (Fsp3) is 0.353. The maximum atomic E-state index is 9.51. The zero-order valence-corrected chi connectivity index (χ0v) is 13.7. The first kappa shape index (κ1) is 15.5. The van der Waals surface area contributed by atoms with Crippen LogP contribution in [0.3, 0.4) is 0 Å². The highest BCUT2D eigenvalue weighted by molar-refractivity contribution is 7.99. The zero-order chi connectivity index (χ0) is 15.4. The number of aromatic nitrogens is 2. The van der Waals surface area contributed by atoms with Crippen LogP contribution in [0.15, 0.2) is 28.1 Å². The Hall–Kier alpha value is -1.86. The molecular formula is C17H19N3S. The average molecular weight is 297 g/mol. The molecule has 3 nitrogen and oxygen atoms in total. The second-order valence-corrected chi connectivity index (χ2v) is 6.03. The summed E-state index contributed by atoms with van der Waals surface area (Å²) in [6.45, 7) is 8.26. The molecule has 0 fully saturated rings. The van der Waals surface area contributed by atoms with Crippen molar-refractivity contribution in [1.82, 2.24) is 10.2 Å². The molecule has 0 aliphatic carbocycles. The van der Waals surface area contributed by atoms with Gasteiger partial charge in [-0.05, 0) is 43.9 Å². The molecule has 1 heterocycles. The molecule has 0 N–H and O–H groups in total. The molecule has 0 atom stereocenters. The normalized spacial score (nSPS) is 10.4. The zero-order valence-electron chi connectivity index (χ0n) is 12.9. The number of hydrogen-bond donors (Lipinski definition) is 0. The highest BCUT2D eigenvalue weighted by Gasteiger charge is 2.15. The van der Waals surface area contributed by atoms with Crippen LogP contribution in [0.25, 0.3) is 0 Å². The minimum atomic E-state index is 0.675. The van der Waals surface area contributed by atoms with Crippen LogP contribution in [0.2, 0.25) is 0 Å². The smallest absolute Gasteiger partial charge is 0.142 e. The third-order valence-electron chi connectivity index (χ3n) is 3.46. The number of rotatable bonds is 4. The van der Waals surface area contributed by atoms with Gasteiger partial charge < -0.3 is 0 Å². The molecule has 0 spiro atoms. The van der Waals surface area contributed by atoms with Gasteiger partial charge in [-0.15, -0.1) is 5.10 Å². The summed E-state index contributed by atoms with van der Waals surface area (Å²) < 4.78 is 0. The van der Waals surface area contributed by atoms with Crippen LogP contribution in [0.5, 0.6) is 0 Å². The van der Waals surface area contributed by atoms with E-state index in [1.54, 1.807) is 0 Å². The van der Waals surface area contributed by atoms with Gasteiger partial charge in [0.2, 0.25) is 0 Å². The monoisotopic (exact) mass is 297 g/mol. The minimum Gasteiger partial charge on any atom is -0.192 e. The minimum absolute atomic E-state index is 0.675. The summed E-state index contributed by atoms with van der Waals surface area (Å²) in [5.41, 5.74) is 5.07. The van der Waals surface area contributed by atoms with Crippen LogP contribution in [0.4, 0.5) is 0 Å². The van der Waals surface area contributed by atoms with Gasteiger partial charge >= 0.3 is 0 Å². The summed E-state index contributed by atoms with van der Waals surface area (Å²) in [5, 5.41) is 18.8. The van der Waals surface area contributed by atoms with Crippen LogP contribution in [-0.2, 0) is 12.8 Å². The van der Waals surface area contributed by atoms with Gasteiger partial charge in [0, 0.05) is 4.90 Å². The second kappa shape index (κ2) is 6.73. The van der Waals surface area contributed by atoms with Gasteiger partial charge in [0.1, 0.15) is 11.1 Å². The van der Waals surface area contributed by atoms with E-state index in [-0.39, 0.29) is 0 Å². The molecule has 0 unspecified atom stereocenters. The van der Waals surface area contributed by atoms with Gasteiger partial charge in [-0.25, -0.2) is 0 Å². The first-order chi connectivity index (χ1) is 10.1. The second-order valence-electron chi connectivity index (χ2n) is 5.00. The fourth-order valence-electron chi connectivity index (χ4n) is 2.36. The first-order valence-corrected chi connectivity index (χ1v) is 7.95. The molecule has 0 aliphatic heterocycles. The Kier molecular flexibility index (Phi) is 4.98. The van der Waals surface area contributed by atoms with E-state index in [1.807, 2.05) is 6.92 Å². The number of aryl methyl sites for hydroxylation is 3. The van der Waals surface area contributed by atoms with Gasteiger partial charge in [-0.3, -0.25) is 0 Å². The van der Waals surface area contributed by atoms with Crippen LogP contribution >= 0.6 is 11.8 Å². The molecule has 21 heavy (non-hydrogen) atoms. The van der Waals surface area contributed by atoms with E-state index < -0.39 is 0 Å². The predicted octanol–water partition coefficient (Wildman–Crippen LogP) is 4.24. The molecular weight excluding hydrogens is 278 g/mol. The third-order valence-corrected chi connectivity index (χ3v) is 4.62. The Morgan fingerprint density at radius 1 is 1.14 bits per heavy atom.